The van der Waals surface area contributed by atoms with Crippen molar-refractivity contribution in [3.05, 3.63) is 0 Å². The summed E-state index contributed by atoms with van der Waals surface area (Å²) in [6.07, 6.45) is 2.23. The number of aliphatic carboxylic acids is 1. The first-order valence-corrected chi connectivity index (χ1v) is 8.03. The van der Waals surface area contributed by atoms with Gasteiger partial charge in [-0.2, -0.15) is 4.31 Å². The van der Waals surface area contributed by atoms with Crippen LogP contribution in [-0.4, -0.2) is 55.1 Å². The SMILES string of the molecule is C[C@H](CNC(=O)[C@@H]1CCCN1S(C)(=O)=O)CC(=O)O. The third kappa shape index (κ3) is 4.79. The minimum Gasteiger partial charge on any atom is -0.481 e. The van der Waals surface area contributed by atoms with Gasteiger partial charge in [-0.3, -0.25) is 9.59 Å². The summed E-state index contributed by atoms with van der Waals surface area (Å²) >= 11 is 0. The van der Waals surface area contributed by atoms with E-state index in [1.165, 1.54) is 4.31 Å². The predicted octanol–water partition coefficient (Wildman–Crippen LogP) is -0.363. The van der Waals surface area contributed by atoms with Crippen LogP contribution in [-0.2, 0) is 19.6 Å². The van der Waals surface area contributed by atoms with Crippen molar-refractivity contribution < 1.29 is 23.1 Å². The van der Waals surface area contributed by atoms with E-state index in [0.29, 0.717) is 19.4 Å². The Morgan fingerprint density at radius 1 is 1.47 bits per heavy atom. The molecule has 1 fully saturated rings. The quantitative estimate of drug-likeness (QED) is 0.695. The molecule has 0 aromatic rings. The highest BCUT2D eigenvalue weighted by atomic mass is 32.2. The van der Waals surface area contributed by atoms with Crippen LogP contribution in [0.2, 0.25) is 0 Å². The van der Waals surface area contributed by atoms with Crippen molar-refractivity contribution in [2.75, 3.05) is 19.3 Å². The molecule has 1 rings (SSSR count). The molecule has 8 heteroatoms. The van der Waals surface area contributed by atoms with E-state index < -0.39 is 22.0 Å². The summed E-state index contributed by atoms with van der Waals surface area (Å²) in [7, 11) is -3.38. The van der Waals surface area contributed by atoms with Gasteiger partial charge in [0.1, 0.15) is 6.04 Å². The molecule has 0 unspecified atom stereocenters. The van der Waals surface area contributed by atoms with Crippen LogP contribution in [0.25, 0.3) is 0 Å². The maximum Gasteiger partial charge on any atom is 0.303 e. The summed E-state index contributed by atoms with van der Waals surface area (Å²) < 4.78 is 24.2. The second-order valence-electron chi connectivity index (χ2n) is 4.98. The van der Waals surface area contributed by atoms with Crippen molar-refractivity contribution in [1.29, 1.82) is 0 Å². The number of hydrogen-bond acceptors (Lipinski definition) is 4. The maximum absolute atomic E-state index is 11.9. The number of carbonyl (C=O) groups is 2. The molecule has 0 radical (unpaired) electrons. The molecule has 1 heterocycles. The Bertz CT molecular complexity index is 448. The predicted molar refractivity (Wildman–Crippen MR) is 69.0 cm³/mol. The zero-order valence-electron chi connectivity index (χ0n) is 11.1. The molecule has 2 N–H and O–H groups in total. The van der Waals surface area contributed by atoms with Crippen LogP contribution >= 0.6 is 0 Å². The van der Waals surface area contributed by atoms with E-state index in [2.05, 4.69) is 5.32 Å². The molecule has 0 aliphatic carbocycles. The number of carbonyl (C=O) groups excluding carboxylic acids is 1. The average Bonchev–Trinajstić information content (AvgIpc) is 2.73. The Morgan fingerprint density at radius 2 is 2.11 bits per heavy atom. The standard InChI is InChI=1S/C11H20N2O5S/c1-8(6-10(14)15)7-12-11(16)9-4-3-5-13(9)19(2,17)18/h8-9H,3-7H2,1-2H3,(H,12,16)(H,14,15)/t8-,9-/m0/s1. The average molecular weight is 292 g/mol. The Hall–Kier alpha value is -1.15. The zero-order valence-corrected chi connectivity index (χ0v) is 11.9. The number of sulfonamides is 1. The number of rotatable bonds is 6. The summed E-state index contributed by atoms with van der Waals surface area (Å²) in [6, 6.07) is -0.660. The van der Waals surface area contributed by atoms with Crippen LogP contribution in [0, 0.1) is 5.92 Å². The van der Waals surface area contributed by atoms with Gasteiger partial charge in [0.05, 0.1) is 6.26 Å². The molecule has 19 heavy (non-hydrogen) atoms. The molecule has 0 saturated carbocycles. The molecule has 2 atom stereocenters. The normalized spacial score (nSPS) is 22.1. The van der Waals surface area contributed by atoms with Crippen molar-refractivity contribution in [2.24, 2.45) is 5.92 Å². The molecular weight excluding hydrogens is 272 g/mol. The largest absolute Gasteiger partial charge is 0.481 e. The number of carboxylic acids is 1. The van der Waals surface area contributed by atoms with Gasteiger partial charge >= 0.3 is 5.97 Å². The monoisotopic (exact) mass is 292 g/mol. The molecule has 0 bridgehead atoms. The van der Waals surface area contributed by atoms with Gasteiger partial charge < -0.3 is 10.4 Å². The molecule has 1 aliphatic heterocycles. The van der Waals surface area contributed by atoms with Gasteiger partial charge in [0, 0.05) is 19.5 Å². The minimum absolute atomic E-state index is 0.0270. The van der Waals surface area contributed by atoms with E-state index in [-0.39, 0.29) is 24.8 Å². The first kappa shape index (κ1) is 15.9. The fourth-order valence-electron chi connectivity index (χ4n) is 2.16. The van der Waals surface area contributed by atoms with E-state index in [0.717, 1.165) is 6.26 Å². The fourth-order valence-corrected chi connectivity index (χ4v) is 3.29. The Balaban J connectivity index is 2.52. The molecule has 0 aromatic heterocycles. The molecule has 0 spiro atoms. The Labute approximate surface area is 113 Å². The summed E-state index contributed by atoms with van der Waals surface area (Å²) in [5.74, 6) is -1.45. The number of nitrogens with one attached hydrogen (secondary N) is 1. The van der Waals surface area contributed by atoms with Crippen LogP contribution < -0.4 is 5.32 Å². The smallest absolute Gasteiger partial charge is 0.303 e. The number of nitrogens with zero attached hydrogens (tertiary/aromatic N) is 1. The maximum atomic E-state index is 11.9. The first-order chi connectivity index (χ1) is 8.71. The van der Waals surface area contributed by atoms with Gasteiger partial charge in [0.2, 0.25) is 15.9 Å². The lowest BCUT2D eigenvalue weighted by Crippen LogP contribution is -2.46. The van der Waals surface area contributed by atoms with E-state index in [1.807, 2.05) is 0 Å². The minimum atomic E-state index is -3.38. The number of amides is 1. The summed E-state index contributed by atoms with van der Waals surface area (Å²) in [4.78, 5) is 22.4. The number of hydrogen-bond donors (Lipinski definition) is 2. The van der Waals surface area contributed by atoms with Crippen LogP contribution in [0.3, 0.4) is 0 Å². The molecule has 7 nitrogen and oxygen atoms in total. The lowest BCUT2D eigenvalue weighted by molar-refractivity contribution is -0.138. The van der Waals surface area contributed by atoms with Crippen molar-refractivity contribution in [3.63, 3.8) is 0 Å². The highest BCUT2D eigenvalue weighted by Crippen LogP contribution is 2.20. The second-order valence-corrected chi connectivity index (χ2v) is 6.91. The Morgan fingerprint density at radius 3 is 2.63 bits per heavy atom. The van der Waals surface area contributed by atoms with Crippen molar-refractivity contribution in [2.45, 2.75) is 32.2 Å². The topological polar surface area (TPSA) is 104 Å². The lowest BCUT2D eigenvalue weighted by Gasteiger charge is -2.22. The fraction of sp³-hybridized carbons (Fsp3) is 0.818. The highest BCUT2D eigenvalue weighted by molar-refractivity contribution is 7.88. The van der Waals surface area contributed by atoms with E-state index in [4.69, 9.17) is 5.11 Å². The third-order valence-electron chi connectivity index (χ3n) is 3.08. The van der Waals surface area contributed by atoms with Crippen LogP contribution in [0.5, 0.6) is 0 Å². The summed E-state index contributed by atoms with van der Waals surface area (Å²) in [5.41, 5.74) is 0. The van der Waals surface area contributed by atoms with Crippen LogP contribution in [0.15, 0.2) is 0 Å². The molecule has 1 saturated heterocycles. The highest BCUT2D eigenvalue weighted by Gasteiger charge is 2.36. The van der Waals surface area contributed by atoms with Gasteiger partial charge in [-0.15, -0.1) is 0 Å². The number of carboxylic acid groups (broad SMARTS) is 1. The van der Waals surface area contributed by atoms with Gasteiger partial charge in [-0.25, -0.2) is 8.42 Å². The van der Waals surface area contributed by atoms with Crippen molar-refractivity contribution in [1.82, 2.24) is 9.62 Å². The van der Waals surface area contributed by atoms with Crippen LogP contribution in [0.1, 0.15) is 26.2 Å². The first-order valence-electron chi connectivity index (χ1n) is 6.18. The molecule has 110 valence electrons. The molecule has 0 aromatic carbocycles. The van der Waals surface area contributed by atoms with Gasteiger partial charge in [0.15, 0.2) is 0 Å². The van der Waals surface area contributed by atoms with Crippen LogP contribution in [0.4, 0.5) is 0 Å². The van der Waals surface area contributed by atoms with E-state index in [1.54, 1.807) is 6.92 Å². The lowest BCUT2D eigenvalue weighted by atomic mass is 10.1. The van der Waals surface area contributed by atoms with E-state index in [9.17, 15) is 18.0 Å². The Kier molecular flexibility index (Phi) is 5.30. The van der Waals surface area contributed by atoms with Gasteiger partial charge in [-0.1, -0.05) is 6.92 Å². The second kappa shape index (κ2) is 6.33. The molecule has 1 amide bonds. The zero-order chi connectivity index (χ0) is 14.6. The summed E-state index contributed by atoms with van der Waals surface area (Å²) in [5, 5.41) is 11.2. The van der Waals surface area contributed by atoms with E-state index >= 15 is 0 Å². The van der Waals surface area contributed by atoms with Crippen molar-refractivity contribution in [3.8, 4) is 0 Å². The summed E-state index contributed by atoms with van der Waals surface area (Å²) in [6.45, 7) is 2.32. The molecule has 1 aliphatic rings. The molecular formula is C11H20N2O5S. The van der Waals surface area contributed by atoms with Crippen molar-refractivity contribution >= 4 is 21.9 Å². The van der Waals surface area contributed by atoms with Gasteiger partial charge in [0.25, 0.3) is 0 Å². The third-order valence-corrected chi connectivity index (χ3v) is 4.37. The van der Waals surface area contributed by atoms with Gasteiger partial charge in [-0.05, 0) is 18.8 Å².